The molecule has 9 heteroatoms. The predicted molar refractivity (Wildman–Crippen MR) is 53.6 cm³/mol. The summed E-state index contributed by atoms with van der Waals surface area (Å²) in [6.07, 6.45) is -5.89. The summed E-state index contributed by atoms with van der Waals surface area (Å²) < 4.78 is 57.5. The van der Waals surface area contributed by atoms with E-state index in [2.05, 4.69) is 14.5 Å². The second kappa shape index (κ2) is 5.72. The zero-order chi connectivity index (χ0) is 14.6. The molecule has 1 heterocycles. The molecule has 0 radical (unpaired) electrons. The van der Waals surface area contributed by atoms with E-state index in [1.54, 1.807) is 0 Å². The molecular formula is C10H9F4NO4. The minimum atomic E-state index is -5.04. The first-order chi connectivity index (χ1) is 8.76. The quantitative estimate of drug-likeness (QED) is 0.838. The summed E-state index contributed by atoms with van der Waals surface area (Å²) in [6.45, 7) is -1.07. The van der Waals surface area contributed by atoms with Crippen LogP contribution in [0.1, 0.15) is 11.4 Å². The van der Waals surface area contributed by atoms with Gasteiger partial charge in [-0.1, -0.05) is 0 Å². The van der Waals surface area contributed by atoms with Crippen LogP contribution in [0.4, 0.5) is 17.6 Å². The first kappa shape index (κ1) is 15.0. The van der Waals surface area contributed by atoms with Crippen LogP contribution < -0.4 is 9.47 Å². The number of carboxylic acid groups (broad SMARTS) is 1. The molecule has 1 aromatic heterocycles. The Labute approximate surface area is 104 Å². The van der Waals surface area contributed by atoms with E-state index in [1.165, 1.54) is 0 Å². The molecule has 0 aliphatic heterocycles. The molecule has 5 nitrogen and oxygen atoms in total. The first-order valence-corrected chi connectivity index (χ1v) is 4.87. The highest BCUT2D eigenvalue weighted by atomic mass is 19.4. The van der Waals surface area contributed by atoms with Crippen LogP contribution in [0.3, 0.4) is 0 Å². The number of hydrogen-bond acceptors (Lipinski definition) is 4. The molecule has 0 saturated heterocycles. The summed E-state index contributed by atoms with van der Waals surface area (Å²) in [6, 6.07) is 0.909. The number of aliphatic carboxylic acids is 1. The topological polar surface area (TPSA) is 68.7 Å². The lowest BCUT2D eigenvalue weighted by atomic mass is 10.2. The molecule has 1 N–H and O–H groups in total. The molecule has 0 aromatic carbocycles. The van der Waals surface area contributed by atoms with E-state index in [-0.39, 0.29) is 5.69 Å². The van der Waals surface area contributed by atoms with Gasteiger partial charge in [-0.25, -0.2) is 4.39 Å². The Hall–Kier alpha value is -2.06. The lowest BCUT2D eigenvalue weighted by Crippen LogP contribution is -2.20. The Balaban J connectivity index is 3.32. The summed E-state index contributed by atoms with van der Waals surface area (Å²) in [5, 5.41) is 8.61. The second-order valence-corrected chi connectivity index (χ2v) is 3.34. The van der Waals surface area contributed by atoms with Gasteiger partial charge < -0.3 is 14.6 Å². The van der Waals surface area contributed by atoms with Crippen LogP contribution in [0.15, 0.2) is 6.07 Å². The van der Waals surface area contributed by atoms with Gasteiger partial charge in [0.25, 0.3) is 0 Å². The SMILES string of the molecule is COc1cc(CF)nc(CC(=O)O)c1OC(F)(F)F. The van der Waals surface area contributed by atoms with Crippen molar-refractivity contribution in [3.05, 3.63) is 17.5 Å². The molecule has 0 amide bonds. The van der Waals surface area contributed by atoms with E-state index in [9.17, 15) is 22.4 Å². The van der Waals surface area contributed by atoms with Crippen molar-refractivity contribution in [2.45, 2.75) is 19.5 Å². The monoisotopic (exact) mass is 283 g/mol. The van der Waals surface area contributed by atoms with Gasteiger partial charge in [0.1, 0.15) is 6.67 Å². The van der Waals surface area contributed by atoms with Crippen molar-refractivity contribution in [1.29, 1.82) is 0 Å². The molecule has 106 valence electrons. The van der Waals surface area contributed by atoms with Gasteiger partial charge in [-0.3, -0.25) is 9.78 Å². The highest BCUT2D eigenvalue weighted by Gasteiger charge is 2.34. The molecular weight excluding hydrogens is 274 g/mol. The van der Waals surface area contributed by atoms with Crippen LogP contribution in [0.5, 0.6) is 11.5 Å². The van der Waals surface area contributed by atoms with E-state index in [4.69, 9.17) is 5.11 Å². The van der Waals surface area contributed by atoms with E-state index in [0.29, 0.717) is 0 Å². The fourth-order valence-electron chi connectivity index (χ4n) is 1.32. The smallest absolute Gasteiger partial charge is 0.493 e. The van der Waals surface area contributed by atoms with Crippen LogP contribution in [0.2, 0.25) is 0 Å². The van der Waals surface area contributed by atoms with Gasteiger partial charge in [-0.2, -0.15) is 0 Å². The van der Waals surface area contributed by atoms with E-state index in [0.717, 1.165) is 13.2 Å². The number of aromatic nitrogens is 1. The molecule has 0 aliphatic rings. The Bertz CT molecular complexity index is 475. The van der Waals surface area contributed by atoms with Crippen molar-refractivity contribution >= 4 is 5.97 Å². The lowest BCUT2D eigenvalue weighted by Gasteiger charge is -2.15. The van der Waals surface area contributed by atoms with Crippen molar-refractivity contribution in [3.63, 3.8) is 0 Å². The Morgan fingerprint density at radius 3 is 2.53 bits per heavy atom. The Kier molecular flexibility index (Phi) is 4.52. The van der Waals surface area contributed by atoms with Gasteiger partial charge in [0, 0.05) is 6.07 Å². The van der Waals surface area contributed by atoms with E-state index >= 15 is 0 Å². The third-order valence-electron chi connectivity index (χ3n) is 1.96. The van der Waals surface area contributed by atoms with Crippen molar-refractivity contribution in [1.82, 2.24) is 4.98 Å². The second-order valence-electron chi connectivity index (χ2n) is 3.34. The van der Waals surface area contributed by atoms with Gasteiger partial charge in [-0.05, 0) is 0 Å². The van der Waals surface area contributed by atoms with Crippen molar-refractivity contribution in [3.8, 4) is 11.5 Å². The number of pyridine rings is 1. The third kappa shape index (κ3) is 4.27. The van der Waals surface area contributed by atoms with Crippen LogP contribution >= 0.6 is 0 Å². The highest BCUT2D eigenvalue weighted by Crippen LogP contribution is 2.35. The molecule has 0 saturated carbocycles. The van der Waals surface area contributed by atoms with Crippen LogP contribution in [0.25, 0.3) is 0 Å². The lowest BCUT2D eigenvalue weighted by molar-refractivity contribution is -0.275. The zero-order valence-electron chi connectivity index (χ0n) is 9.62. The average Bonchev–Trinajstić information content (AvgIpc) is 2.28. The van der Waals surface area contributed by atoms with E-state index in [1.807, 2.05) is 0 Å². The van der Waals surface area contributed by atoms with Gasteiger partial charge in [0.05, 0.1) is 24.9 Å². The maximum Gasteiger partial charge on any atom is 0.573 e. The molecule has 0 fully saturated rings. The summed E-state index contributed by atoms with van der Waals surface area (Å²) >= 11 is 0. The molecule has 0 atom stereocenters. The predicted octanol–water partition coefficient (Wildman–Crippen LogP) is 2.09. The number of carbonyl (C=O) groups is 1. The molecule has 1 aromatic rings. The fourth-order valence-corrected chi connectivity index (χ4v) is 1.32. The fraction of sp³-hybridized carbons (Fsp3) is 0.400. The molecule has 0 spiro atoms. The molecule has 0 aliphatic carbocycles. The maximum absolute atomic E-state index is 12.5. The minimum Gasteiger partial charge on any atom is -0.493 e. The van der Waals surface area contributed by atoms with Crippen molar-refractivity contribution in [2.75, 3.05) is 7.11 Å². The summed E-state index contributed by atoms with van der Waals surface area (Å²) in [7, 11) is 1.05. The first-order valence-electron chi connectivity index (χ1n) is 4.87. The number of carboxylic acids is 1. The number of hydrogen-bond donors (Lipinski definition) is 1. The number of alkyl halides is 4. The normalized spacial score (nSPS) is 11.2. The summed E-state index contributed by atoms with van der Waals surface area (Å²) in [4.78, 5) is 14.0. The molecule has 1 rings (SSSR count). The number of nitrogens with zero attached hydrogens (tertiary/aromatic N) is 1. The standard InChI is InChI=1S/C10H9F4NO4/c1-18-7-2-5(4-11)15-6(3-8(16)17)9(7)19-10(12,13)14/h2H,3-4H2,1H3,(H,16,17). The Morgan fingerprint density at radius 2 is 2.11 bits per heavy atom. The third-order valence-corrected chi connectivity index (χ3v) is 1.96. The Morgan fingerprint density at radius 1 is 1.47 bits per heavy atom. The number of rotatable bonds is 5. The zero-order valence-corrected chi connectivity index (χ0v) is 9.62. The van der Waals surface area contributed by atoms with E-state index < -0.39 is 42.6 Å². The summed E-state index contributed by atoms with van der Waals surface area (Å²) in [5.41, 5.74) is -0.806. The largest absolute Gasteiger partial charge is 0.573 e. The number of halogens is 4. The van der Waals surface area contributed by atoms with Crippen LogP contribution in [-0.4, -0.2) is 29.5 Å². The van der Waals surface area contributed by atoms with Crippen molar-refractivity contribution < 1.29 is 36.9 Å². The van der Waals surface area contributed by atoms with Gasteiger partial charge in [0.15, 0.2) is 11.5 Å². The maximum atomic E-state index is 12.5. The van der Waals surface area contributed by atoms with Crippen LogP contribution in [0, 0.1) is 0 Å². The van der Waals surface area contributed by atoms with Gasteiger partial charge in [0.2, 0.25) is 0 Å². The minimum absolute atomic E-state index is 0.248. The van der Waals surface area contributed by atoms with Crippen LogP contribution in [-0.2, 0) is 17.9 Å². The highest BCUT2D eigenvalue weighted by molar-refractivity contribution is 5.71. The van der Waals surface area contributed by atoms with Crippen molar-refractivity contribution in [2.24, 2.45) is 0 Å². The molecule has 0 bridgehead atoms. The molecule has 19 heavy (non-hydrogen) atoms. The number of methoxy groups -OCH3 is 1. The number of ether oxygens (including phenoxy) is 2. The molecule has 0 unspecified atom stereocenters. The van der Waals surface area contributed by atoms with Gasteiger partial charge >= 0.3 is 12.3 Å². The van der Waals surface area contributed by atoms with Gasteiger partial charge in [-0.15, -0.1) is 13.2 Å². The summed E-state index contributed by atoms with van der Waals surface area (Å²) in [5.74, 6) is -2.75. The average molecular weight is 283 g/mol.